The van der Waals surface area contributed by atoms with Gasteiger partial charge in [-0.3, -0.25) is 4.79 Å². The van der Waals surface area contributed by atoms with Crippen molar-refractivity contribution < 1.29 is 9.90 Å². The normalized spacial score (nSPS) is 20.9. The van der Waals surface area contributed by atoms with Gasteiger partial charge >= 0.3 is 0 Å². The van der Waals surface area contributed by atoms with Crippen molar-refractivity contribution >= 4 is 17.7 Å². The number of aliphatic hydroxyl groups excluding tert-OH is 1. The Balaban J connectivity index is 2.01. The van der Waals surface area contributed by atoms with Crippen LogP contribution in [0.2, 0.25) is 0 Å². The number of hydrogen-bond donors (Lipinski definition) is 2. The Morgan fingerprint density at radius 2 is 2.39 bits per heavy atom. The second-order valence-corrected chi connectivity index (χ2v) is 5.92. The largest absolute Gasteiger partial charge is 0.396 e. The number of hydrogen-bond acceptors (Lipinski definition) is 4. The zero-order chi connectivity index (χ0) is 13.2. The lowest BCUT2D eigenvalue weighted by Gasteiger charge is -2.31. The van der Waals surface area contributed by atoms with E-state index < -0.39 is 0 Å². The molecule has 0 aromatic carbocycles. The molecule has 106 valence electrons. The number of carbonyl (C=O) groups is 1. The highest BCUT2D eigenvalue weighted by Gasteiger charge is 2.18. The van der Waals surface area contributed by atoms with Gasteiger partial charge in [-0.15, -0.1) is 0 Å². The van der Waals surface area contributed by atoms with Crippen molar-refractivity contribution in [1.82, 2.24) is 10.2 Å². The van der Waals surface area contributed by atoms with Crippen molar-refractivity contribution in [3.63, 3.8) is 0 Å². The van der Waals surface area contributed by atoms with Crippen LogP contribution in [0.5, 0.6) is 0 Å². The third kappa shape index (κ3) is 6.61. The first-order valence-electron chi connectivity index (χ1n) is 6.85. The molecule has 0 spiro atoms. The molecular formula is C13H26N2O2S. The smallest absolute Gasteiger partial charge is 0.220 e. The summed E-state index contributed by atoms with van der Waals surface area (Å²) in [5, 5.41) is 12.1. The average molecular weight is 274 g/mol. The molecule has 2 N–H and O–H groups in total. The molecule has 1 atom stereocenters. The Hall–Kier alpha value is -0.260. The van der Waals surface area contributed by atoms with Gasteiger partial charge in [0.1, 0.15) is 0 Å². The average Bonchev–Trinajstić information content (AvgIpc) is 2.41. The maximum absolute atomic E-state index is 11.4. The molecule has 0 unspecified atom stereocenters. The van der Waals surface area contributed by atoms with Crippen LogP contribution < -0.4 is 5.32 Å². The standard InChI is InChI=1S/C13H26N2O2S/c1-18-9-5-13(17)14-6-3-8-15-7-2-4-12(10-15)11-16/h12,16H,2-11H2,1H3,(H,14,17)/t12-/m1/s1. The van der Waals surface area contributed by atoms with E-state index in [0.717, 1.165) is 44.8 Å². The van der Waals surface area contributed by atoms with Gasteiger partial charge in [0.25, 0.3) is 0 Å². The number of likely N-dealkylation sites (tertiary alicyclic amines) is 1. The number of aliphatic hydroxyl groups is 1. The lowest BCUT2D eigenvalue weighted by atomic mass is 9.99. The molecule has 0 aliphatic carbocycles. The van der Waals surface area contributed by atoms with E-state index in [0.29, 0.717) is 18.9 Å². The molecule has 1 heterocycles. The molecular weight excluding hydrogens is 248 g/mol. The minimum atomic E-state index is 0.163. The highest BCUT2D eigenvalue weighted by molar-refractivity contribution is 7.98. The van der Waals surface area contributed by atoms with Crippen LogP contribution in [0.4, 0.5) is 0 Å². The van der Waals surface area contributed by atoms with Gasteiger partial charge in [0.05, 0.1) is 0 Å². The van der Waals surface area contributed by atoms with Gasteiger partial charge in [0, 0.05) is 31.9 Å². The van der Waals surface area contributed by atoms with Crippen LogP contribution in [0.3, 0.4) is 0 Å². The van der Waals surface area contributed by atoms with Crippen molar-refractivity contribution in [3.05, 3.63) is 0 Å². The molecule has 1 amide bonds. The van der Waals surface area contributed by atoms with E-state index in [1.165, 1.54) is 6.42 Å². The van der Waals surface area contributed by atoms with E-state index in [4.69, 9.17) is 5.11 Å². The van der Waals surface area contributed by atoms with Gasteiger partial charge in [0.2, 0.25) is 5.91 Å². The minimum Gasteiger partial charge on any atom is -0.396 e. The minimum absolute atomic E-state index is 0.163. The van der Waals surface area contributed by atoms with Crippen molar-refractivity contribution in [2.75, 3.05) is 44.8 Å². The molecule has 1 fully saturated rings. The molecule has 0 radical (unpaired) electrons. The second kappa shape index (κ2) is 9.64. The van der Waals surface area contributed by atoms with Gasteiger partial charge < -0.3 is 15.3 Å². The fourth-order valence-corrected chi connectivity index (χ4v) is 2.71. The fraction of sp³-hybridized carbons (Fsp3) is 0.923. The molecule has 1 rings (SSSR count). The van der Waals surface area contributed by atoms with Crippen LogP contribution in [0.25, 0.3) is 0 Å². The van der Waals surface area contributed by atoms with E-state index in [1.54, 1.807) is 11.8 Å². The summed E-state index contributed by atoms with van der Waals surface area (Å²) in [6.07, 6.45) is 5.98. The highest BCUT2D eigenvalue weighted by atomic mass is 32.2. The van der Waals surface area contributed by atoms with Crippen LogP contribution in [0.15, 0.2) is 0 Å². The van der Waals surface area contributed by atoms with E-state index in [-0.39, 0.29) is 5.91 Å². The third-order valence-electron chi connectivity index (χ3n) is 3.37. The Morgan fingerprint density at radius 3 is 3.11 bits per heavy atom. The number of piperidine rings is 1. The summed E-state index contributed by atoms with van der Waals surface area (Å²) in [6.45, 7) is 4.25. The third-order valence-corrected chi connectivity index (χ3v) is 3.98. The zero-order valence-electron chi connectivity index (χ0n) is 11.4. The van der Waals surface area contributed by atoms with Crippen LogP contribution in [0.1, 0.15) is 25.7 Å². The molecule has 0 aromatic rings. The Kier molecular flexibility index (Phi) is 8.46. The zero-order valence-corrected chi connectivity index (χ0v) is 12.2. The van der Waals surface area contributed by atoms with E-state index in [9.17, 15) is 4.79 Å². The van der Waals surface area contributed by atoms with Gasteiger partial charge in [-0.05, 0) is 44.5 Å². The van der Waals surface area contributed by atoms with E-state index in [1.807, 2.05) is 6.26 Å². The Morgan fingerprint density at radius 1 is 1.56 bits per heavy atom. The first-order valence-corrected chi connectivity index (χ1v) is 8.24. The van der Waals surface area contributed by atoms with Crippen LogP contribution in [0, 0.1) is 5.92 Å². The lowest BCUT2D eigenvalue weighted by Crippen LogP contribution is -2.38. The van der Waals surface area contributed by atoms with Crippen LogP contribution in [-0.4, -0.2) is 60.7 Å². The van der Waals surface area contributed by atoms with E-state index >= 15 is 0 Å². The predicted molar refractivity (Wildman–Crippen MR) is 76.9 cm³/mol. The number of amides is 1. The SMILES string of the molecule is CSCCC(=O)NCCCN1CCC[C@@H](CO)C1. The van der Waals surface area contributed by atoms with Crippen LogP contribution >= 0.6 is 11.8 Å². The summed E-state index contributed by atoms with van der Waals surface area (Å²) in [6, 6.07) is 0. The monoisotopic (exact) mass is 274 g/mol. The molecule has 0 aromatic heterocycles. The summed E-state index contributed by atoms with van der Waals surface area (Å²) < 4.78 is 0. The number of rotatable bonds is 8. The van der Waals surface area contributed by atoms with E-state index in [2.05, 4.69) is 10.2 Å². The summed E-state index contributed by atoms with van der Waals surface area (Å²) in [5.74, 6) is 1.52. The number of thioether (sulfide) groups is 1. The van der Waals surface area contributed by atoms with Crippen molar-refractivity contribution in [2.45, 2.75) is 25.7 Å². The number of nitrogens with zero attached hydrogens (tertiary/aromatic N) is 1. The number of nitrogens with one attached hydrogen (secondary N) is 1. The molecule has 0 bridgehead atoms. The molecule has 1 aliphatic rings. The highest BCUT2D eigenvalue weighted by Crippen LogP contribution is 2.15. The summed E-state index contributed by atoms with van der Waals surface area (Å²) >= 11 is 1.70. The van der Waals surface area contributed by atoms with Crippen molar-refractivity contribution in [1.29, 1.82) is 0 Å². The molecule has 0 saturated carbocycles. The fourth-order valence-electron chi connectivity index (χ4n) is 2.32. The van der Waals surface area contributed by atoms with Crippen LogP contribution in [-0.2, 0) is 4.79 Å². The van der Waals surface area contributed by atoms with Crippen molar-refractivity contribution in [2.24, 2.45) is 5.92 Å². The number of carbonyl (C=O) groups excluding carboxylic acids is 1. The quantitative estimate of drug-likeness (QED) is 0.647. The Bertz CT molecular complexity index is 239. The molecule has 18 heavy (non-hydrogen) atoms. The van der Waals surface area contributed by atoms with Gasteiger partial charge in [-0.2, -0.15) is 11.8 Å². The van der Waals surface area contributed by atoms with Gasteiger partial charge in [0.15, 0.2) is 0 Å². The summed E-state index contributed by atoms with van der Waals surface area (Å²) in [7, 11) is 0. The predicted octanol–water partition coefficient (Wildman–Crippen LogP) is 0.950. The van der Waals surface area contributed by atoms with Gasteiger partial charge in [-0.25, -0.2) is 0 Å². The second-order valence-electron chi connectivity index (χ2n) is 4.94. The first kappa shape index (κ1) is 15.8. The lowest BCUT2D eigenvalue weighted by molar-refractivity contribution is -0.120. The molecule has 1 aliphatic heterocycles. The Labute approximate surface area is 115 Å². The molecule has 4 nitrogen and oxygen atoms in total. The first-order chi connectivity index (χ1) is 8.76. The molecule has 1 saturated heterocycles. The van der Waals surface area contributed by atoms with Crippen molar-refractivity contribution in [3.8, 4) is 0 Å². The maximum atomic E-state index is 11.4. The van der Waals surface area contributed by atoms with Gasteiger partial charge in [-0.1, -0.05) is 0 Å². The summed E-state index contributed by atoms with van der Waals surface area (Å²) in [5.41, 5.74) is 0. The molecule has 5 heteroatoms. The summed E-state index contributed by atoms with van der Waals surface area (Å²) in [4.78, 5) is 13.8. The topological polar surface area (TPSA) is 52.6 Å². The maximum Gasteiger partial charge on any atom is 0.220 e.